The summed E-state index contributed by atoms with van der Waals surface area (Å²) in [4.78, 5) is 6.74. The van der Waals surface area contributed by atoms with Crippen molar-refractivity contribution in [3.63, 3.8) is 0 Å². The molecule has 2 heterocycles. The summed E-state index contributed by atoms with van der Waals surface area (Å²) >= 11 is 0. The summed E-state index contributed by atoms with van der Waals surface area (Å²) < 4.78 is 18.4. The summed E-state index contributed by atoms with van der Waals surface area (Å²) in [5.41, 5.74) is 0.726. The topological polar surface area (TPSA) is 62.4 Å². The van der Waals surface area contributed by atoms with Gasteiger partial charge in [0.15, 0.2) is 5.82 Å². The van der Waals surface area contributed by atoms with E-state index in [-0.39, 0.29) is 11.9 Å². The van der Waals surface area contributed by atoms with E-state index < -0.39 is 6.10 Å². The van der Waals surface area contributed by atoms with Crippen molar-refractivity contribution < 1.29 is 14.0 Å². The Bertz CT molecular complexity index is 669. The van der Waals surface area contributed by atoms with Crippen LogP contribution in [0.3, 0.4) is 0 Å². The molecule has 122 valence electrons. The molecule has 2 aromatic rings. The Balaban J connectivity index is 1.45. The van der Waals surface area contributed by atoms with E-state index in [9.17, 15) is 9.50 Å². The zero-order chi connectivity index (χ0) is 15.8. The molecule has 2 unspecified atom stereocenters. The summed E-state index contributed by atoms with van der Waals surface area (Å²) in [6, 6.07) is 6.11. The summed E-state index contributed by atoms with van der Waals surface area (Å²) in [6.45, 7) is 1.39. The van der Waals surface area contributed by atoms with Crippen LogP contribution in [0.5, 0.6) is 0 Å². The predicted molar refractivity (Wildman–Crippen MR) is 81.2 cm³/mol. The molecule has 0 amide bonds. The lowest BCUT2D eigenvalue weighted by atomic mass is 10.1. The highest BCUT2D eigenvalue weighted by Crippen LogP contribution is 2.40. The minimum Gasteiger partial charge on any atom is -0.387 e. The lowest BCUT2D eigenvalue weighted by Crippen LogP contribution is -2.29. The van der Waals surface area contributed by atoms with Crippen LogP contribution < -0.4 is 0 Å². The van der Waals surface area contributed by atoms with Crippen LogP contribution in [0.25, 0.3) is 0 Å². The zero-order valence-electron chi connectivity index (χ0n) is 12.9. The Morgan fingerprint density at radius 3 is 2.78 bits per heavy atom. The van der Waals surface area contributed by atoms with Crippen molar-refractivity contribution >= 4 is 0 Å². The molecule has 1 N–H and O–H groups in total. The van der Waals surface area contributed by atoms with Crippen LogP contribution in [0.2, 0.25) is 0 Å². The molecule has 6 heteroatoms. The molecule has 5 nitrogen and oxygen atoms in total. The number of aliphatic hydroxyl groups is 1. The van der Waals surface area contributed by atoms with Crippen molar-refractivity contribution in [2.75, 3.05) is 13.1 Å². The molecule has 2 fully saturated rings. The monoisotopic (exact) mass is 317 g/mol. The molecular weight excluding hydrogens is 297 g/mol. The van der Waals surface area contributed by atoms with E-state index in [1.54, 1.807) is 12.1 Å². The smallest absolute Gasteiger partial charge is 0.229 e. The Labute approximate surface area is 134 Å². The van der Waals surface area contributed by atoms with Gasteiger partial charge in [-0.15, -0.1) is 0 Å². The molecule has 0 bridgehead atoms. The normalized spacial score (nSPS) is 23.3. The van der Waals surface area contributed by atoms with Gasteiger partial charge in [-0.2, -0.15) is 4.98 Å². The Hall–Kier alpha value is -1.79. The van der Waals surface area contributed by atoms with E-state index in [2.05, 4.69) is 15.0 Å². The number of aliphatic hydroxyl groups excluding tert-OH is 1. The number of rotatable bonds is 5. The number of likely N-dealkylation sites (tertiary alicyclic amines) is 1. The molecule has 1 saturated carbocycles. The molecule has 1 aliphatic heterocycles. The second-order valence-corrected chi connectivity index (χ2v) is 6.49. The molecule has 1 saturated heterocycles. The van der Waals surface area contributed by atoms with Crippen LogP contribution in [0.1, 0.15) is 61.0 Å². The maximum atomic E-state index is 13.0. The SMILES string of the molecule is OC(CN1CCCC1c1noc(C2CC2)n1)c1ccc(F)cc1. The van der Waals surface area contributed by atoms with E-state index in [0.717, 1.165) is 49.5 Å². The fourth-order valence-electron chi connectivity index (χ4n) is 3.23. The largest absolute Gasteiger partial charge is 0.387 e. The Kier molecular flexibility index (Phi) is 3.87. The zero-order valence-corrected chi connectivity index (χ0v) is 12.9. The first-order chi connectivity index (χ1) is 11.2. The highest BCUT2D eigenvalue weighted by Gasteiger charge is 2.34. The second-order valence-electron chi connectivity index (χ2n) is 6.49. The van der Waals surface area contributed by atoms with Crippen molar-refractivity contribution in [2.24, 2.45) is 0 Å². The Morgan fingerprint density at radius 2 is 2.04 bits per heavy atom. The minimum absolute atomic E-state index is 0.0985. The van der Waals surface area contributed by atoms with E-state index in [1.807, 2.05) is 0 Å². The molecule has 0 radical (unpaired) electrons. The van der Waals surface area contributed by atoms with E-state index in [1.165, 1.54) is 12.1 Å². The first-order valence-corrected chi connectivity index (χ1v) is 8.22. The number of β-amino-alcohol motifs (C(OH)–C–C–N with tert-alkyl or cyclic N) is 1. The maximum absolute atomic E-state index is 13.0. The molecule has 2 atom stereocenters. The van der Waals surface area contributed by atoms with Crippen LogP contribution in [-0.4, -0.2) is 33.2 Å². The van der Waals surface area contributed by atoms with E-state index >= 15 is 0 Å². The van der Waals surface area contributed by atoms with Crippen LogP contribution >= 0.6 is 0 Å². The third-order valence-electron chi connectivity index (χ3n) is 4.71. The average Bonchev–Trinajstić information content (AvgIpc) is 3.10. The minimum atomic E-state index is -0.647. The number of halogens is 1. The van der Waals surface area contributed by atoms with Gasteiger partial charge in [0, 0.05) is 12.5 Å². The van der Waals surface area contributed by atoms with Gasteiger partial charge in [0.05, 0.1) is 12.1 Å². The number of hydrogen-bond acceptors (Lipinski definition) is 5. The van der Waals surface area contributed by atoms with Crippen molar-refractivity contribution in [3.8, 4) is 0 Å². The first kappa shape index (κ1) is 14.8. The third-order valence-corrected chi connectivity index (χ3v) is 4.71. The lowest BCUT2D eigenvalue weighted by molar-refractivity contribution is 0.103. The van der Waals surface area contributed by atoms with Gasteiger partial charge in [0.1, 0.15) is 5.82 Å². The van der Waals surface area contributed by atoms with Crippen molar-refractivity contribution in [3.05, 3.63) is 47.4 Å². The third kappa shape index (κ3) is 3.14. The van der Waals surface area contributed by atoms with Gasteiger partial charge in [-0.1, -0.05) is 17.3 Å². The van der Waals surface area contributed by atoms with Gasteiger partial charge in [0.25, 0.3) is 0 Å². The summed E-state index contributed by atoms with van der Waals surface area (Å²) in [5, 5.41) is 14.6. The average molecular weight is 317 g/mol. The number of hydrogen-bond donors (Lipinski definition) is 1. The second kappa shape index (κ2) is 6.02. The van der Waals surface area contributed by atoms with E-state index in [4.69, 9.17) is 4.52 Å². The maximum Gasteiger partial charge on any atom is 0.229 e. The molecular formula is C17H20FN3O2. The fraction of sp³-hybridized carbons (Fsp3) is 0.529. The molecule has 1 aromatic carbocycles. The number of benzene rings is 1. The Morgan fingerprint density at radius 1 is 1.26 bits per heavy atom. The molecule has 1 aromatic heterocycles. The van der Waals surface area contributed by atoms with Gasteiger partial charge < -0.3 is 9.63 Å². The van der Waals surface area contributed by atoms with Crippen molar-refractivity contribution in [1.29, 1.82) is 0 Å². The van der Waals surface area contributed by atoms with E-state index in [0.29, 0.717) is 12.5 Å². The van der Waals surface area contributed by atoms with Gasteiger partial charge in [-0.05, 0) is 49.9 Å². The van der Waals surface area contributed by atoms with Gasteiger partial charge >= 0.3 is 0 Å². The first-order valence-electron chi connectivity index (χ1n) is 8.22. The quantitative estimate of drug-likeness (QED) is 0.918. The van der Waals surface area contributed by atoms with Crippen molar-refractivity contribution in [1.82, 2.24) is 15.0 Å². The molecule has 23 heavy (non-hydrogen) atoms. The summed E-state index contributed by atoms with van der Waals surface area (Å²) in [5.74, 6) is 1.65. The van der Waals surface area contributed by atoms with Gasteiger partial charge in [-0.25, -0.2) is 4.39 Å². The van der Waals surface area contributed by atoms with Crippen LogP contribution in [-0.2, 0) is 0 Å². The number of nitrogens with zero attached hydrogens (tertiary/aromatic N) is 3. The summed E-state index contributed by atoms with van der Waals surface area (Å²) in [6.07, 6.45) is 3.65. The van der Waals surface area contributed by atoms with Gasteiger partial charge in [0.2, 0.25) is 5.89 Å². The molecule has 1 aliphatic carbocycles. The predicted octanol–water partition coefficient (Wildman–Crippen LogP) is 2.96. The highest BCUT2D eigenvalue weighted by atomic mass is 19.1. The molecule has 0 spiro atoms. The summed E-state index contributed by atoms with van der Waals surface area (Å²) in [7, 11) is 0. The standard InChI is InChI=1S/C17H20FN3O2/c18-13-7-5-11(6-8-13)15(22)10-21-9-1-2-14(21)16-19-17(23-20-16)12-3-4-12/h5-8,12,14-15,22H,1-4,9-10H2. The van der Waals surface area contributed by atoms with Gasteiger partial charge in [-0.3, -0.25) is 4.90 Å². The molecule has 2 aliphatic rings. The lowest BCUT2D eigenvalue weighted by Gasteiger charge is -2.24. The van der Waals surface area contributed by atoms with Crippen LogP contribution in [0.15, 0.2) is 28.8 Å². The fourth-order valence-corrected chi connectivity index (χ4v) is 3.23. The molecule has 4 rings (SSSR count). The highest BCUT2D eigenvalue weighted by molar-refractivity contribution is 5.19. The van der Waals surface area contributed by atoms with Crippen LogP contribution in [0, 0.1) is 5.82 Å². The number of aromatic nitrogens is 2. The van der Waals surface area contributed by atoms with Crippen LogP contribution in [0.4, 0.5) is 4.39 Å². The van der Waals surface area contributed by atoms with Crippen molar-refractivity contribution in [2.45, 2.75) is 43.7 Å².